The van der Waals surface area contributed by atoms with E-state index in [1.165, 1.54) is 0 Å². The van der Waals surface area contributed by atoms with Crippen molar-refractivity contribution in [3.05, 3.63) is 83.4 Å². The van der Waals surface area contributed by atoms with E-state index in [0.29, 0.717) is 34.9 Å². The highest BCUT2D eigenvalue weighted by Gasteiger charge is 2.29. The van der Waals surface area contributed by atoms with E-state index in [4.69, 9.17) is 9.47 Å². The molecule has 3 aromatic carbocycles. The summed E-state index contributed by atoms with van der Waals surface area (Å²) in [6.45, 7) is 0.321. The molecule has 0 saturated carbocycles. The number of methoxy groups -OCH3 is 2. The first kappa shape index (κ1) is 21.7. The molecule has 4 rings (SSSR count). The summed E-state index contributed by atoms with van der Waals surface area (Å²) in [6.07, 6.45) is -0.626. The maximum Gasteiger partial charge on any atom is 0.251 e. The zero-order chi connectivity index (χ0) is 22.7. The number of carbonyl (C=O) groups is 1. The maximum atomic E-state index is 12.6. The number of rotatable bonds is 6. The van der Waals surface area contributed by atoms with Crippen LogP contribution in [0.25, 0.3) is 0 Å². The van der Waals surface area contributed by atoms with Crippen LogP contribution in [0.5, 0.6) is 11.5 Å². The molecule has 0 bridgehead atoms. The summed E-state index contributed by atoms with van der Waals surface area (Å²) in [7, 11) is -0.505. The van der Waals surface area contributed by atoms with Crippen molar-refractivity contribution < 1.29 is 22.7 Å². The summed E-state index contributed by atoms with van der Waals surface area (Å²) in [4.78, 5) is 12.8. The van der Waals surface area contributed by atoms with Crippen molar-refractivity contribution in [2.75, 3.05) is 19.5 Å². The lowest BCUT2D eigenvalue weighted by Gasteiger charge is -2.28. The van der Waals surface area contributed by atoms with E-state index in [-0.39, 0.29) is 10.8 Å². The predicted octanol–water partition coefficient (Wildman–Crippen LogP) is 3.04. The van der Waals surface area contributed by atoms with Gasteiger partial charge in [0.15, 0.2) is 11.5 Å². The average Bonchev–Trinajstić information content (AvgIpc) is 2.82. The standard InChI is InChI=1S/C23H23N3O5S/c1-30-19-12-7-15(13-20(19)31-2)14-24-23(27)17-10-8-16(9-11-17)22-25-18-5-3-4-6-21(18)32(28,29)26-22/h3-13,22,25-26H,14H2,1-2H3,(H,24,27). The Morgan fingerprint density at radius 2 is 1.69 bits per heavy atom. The number of hydrogen-bond donors (Lipinski definition) is 3. The van der Waals surface area contributed by atoms with Crippen LogP contribution < -0.4 is 24.8 Å². The Morgan fingerprint density at radius 3 is 2.41 bits per heavy atom. The van der Waals surface area contributed by atoms with E-state index < -0.39 is 16.2 Å². The van der Waals surface area contributed by atoms with Crippen LogP contribution in [0, 0.1) is 0 Å². The molecule has 32 heavy (non-hydrogen) atoms. The molecule has 0 radical (unpaired) electrons. The first-order valence-electron chi connectivity index (χ1n) is 9.88. The van der Waals surface area contributed by atoms with Crippen LogP contribution >= 0.6 is 0 Å². The van der Waals surface area contributed by atoms with Gasteiger partial charge < -0.3 is 20.1 Å². The lowest BCUT2D eigenvalue weighted by molar-refractivity contribution is 0.0951. The Kier molecular flexibility index (Phi) is 6.02. The van der Waals surface area contributed by atoms with Gasteiger partial charge in [-0.1, -0.05) is 30.3 Å². The number of hydrogen-bond acceptors (Lipinski definition) is 6. The fraction of sp³-hybridized carbons (Fsp3) is 0.174. The van der Waals surface area contributed by atoms with Gasteiger partial charge in [0.2, 0.25) is 10.0 Å². The Balaban J connectivity index is 1.43. The molecule has 166 valence electrons. The summed E-state index contributed by atoms with van der Waals surface area (Å²) in [5.74, 6) is 0.967. The van der Waals surface area contributed by atoms with Crippen molar-refractivity contribution in [1.82, 2.24) is 10.0 Å². The molecule has 0 fully saturated rings. The second-order valence-corrected chi connectivity index (χ2v) is 8.87. The highest BCUT2D eigenvalue weighted by molar-refractivity contribution is 7.89. The summed E-state index contributed by atoms with van der Waals surface area (Å²) >= 11 is 0. The van der Waals surface area contributed by atoms with Gasteiger partial charge in [-0.05, 0) is 47.5 Å². The number of para-hydroxylation sites is 1. The zero-order valence-corrected chi connectivity index (χ0v) is 18.4. The zero-order valence-electron chi connectivity index (χ0n) is 17.6. The maximum absolute atomic E-state index is 12.6. The van der Waals surface area contributed by atoms with E-state index in [0.717, 1.165) is 5.56 Å². The third-order valence-electron chi connectivity index (χ3n) is 5.16. The molecule has 1 unspecified atom stereocenters. The fourth-order valence-corrected chi connectivity index (χ4v) is 4.78. The van der Waals surface area contributed by atoms with Crippen LogP contribution in [-0.4, -0.2) is 28.5 Å². The van der Waals surface area contributed by atoms with Gasteiger partial charge in [0.25, 0.3) is 5.91 Å². The van der Waals surface area contributed by atoms with Crippen molar-refractivity contribution in [1.29, 1.82) is 0 Å². The van der Waals surface area contributed by atoms with E-state index in [1.54, 1.807) is 74.9 Å². The van der Waals surface area contributed by atoms with Gasteiger partial charge >= 0.3 is 0 Å². The van der Waals surface area contributed by atoms with Crippen molar-refractivity contribution >= 4 is 21.6 Å². The molecule has 3 aromatic rings. The number of fused-ring (bicyclic) bond motifs is 1. The topological polar surface area (TPSA) is 106 Å². The van der Waals surface area contributed by atoms with Crippen molar-refractivity contribution in [3.8, 4) is 11.5 Å². The fourth-order valence-electron chi connectivity index (χ4n) is 3.48. The Hall–Kier alpha value is -3.56. The number of nitrogens with one attached hydrogen (secondary N) is 3. The largest absolute Gasteiger partial charge is 0.493 e. The number of ether oxygens (including phenoxy) is 2. The van der Waals surface area contributed by atoms with E-state index in [1.807, 2.05) is 6.07 Å². The quantitative estimate of drug-likeness (QED) is 0.530. The van der Waals surface area contributed by atoms with Crippen LogP contribution in [0.2, 0.25) is 0 Å². The molecule has 1 atom stereocenters. The van der Waals surface area contributed by atoms with Gasteiger partial charge in [0, 0.05) is 12.1 Å². The Morgan fingerprint density at radius 1 is 0.969 bits per heavy atom. The van der Waals surface area contributed by atoms with Gasteiger partial charge in [0.05, 0.1) is 19.9 Å². The van der Waals surface area contributed by atoms with Crippen molar-refractivity contribution in [3.63, 3.8) is 0 Å². The molecule has 1 aliphatic rings. The highest BCUT2D eigenvalue weighted by Crippen LogP contribution is 2.31. The molecule has 8 nitrogen and oxygen atoms in total. The predicted molar refractivity (Wildman–Crippen MR) is 120 cm³/mol. The minimum atomic E-state index is -3.63. The molecule has 0 saturated heterocycles. The molecular weight excluding hydrogens is 430 g/mol. The highest BCUT2D eigenvalue weighted by atomic mass is 32.2. The van der Waals surface area contributed by atoms with Crippen LogP contribution in [-0.2, 0) is 16.6 Å². The van der Waals surface area contributed by atoms with E-state index >= 15 is 0 Å². The second kappa shape index (κ2) is 8.89. The van der Waals surface area contributed by atoms with Gasteiger partial charge in [-0.3, -0.25) is 4.79 Å². The molecule has 0 aliphatic carbocycles. The number of benzene rings is 3. The smallest absolute Gasteiger partial charge is 0.251 e. The Labute approximate surface area is 186 Å². The third-order valence-corrected chi connectivity index (χ3v) is 6.64. The number of anilines is 1. The monoisotopic (exact) mass is 453 g/mol. The van der Waals surface area contributed by atoms with E-state index in [9.17, 15) is 13.2 Å². The molecular formula is C23H23N3O5S. The average molecular weight is 454 g/mol. The van der Waals surface area contributed by atoms with Crippen molar-refractivity contribution in [2.45, 2.75) is 17.6 Å². The number of amides is 1. The second-order valence-electron chi connectivity index (χ2n) is 7.19. The summed E-state index contributed by atoms with van der Waals surface area (Å²) in [5.41, 5.74) is 2.56. The SMILES string of the molecule is COc1ccc(CNC(=O)c2ccc(C3Nc4ccccc4S(=O)(=O)N3)cc2)cc1OC. The van der Waals surface area contributed by atoms with Crippen molar-refractivity contribution in [2.24, 2.45) is 0 Å². The van der Waals surface area contributed by atoms with Gasteiger partial charge in [-0.2, -0.15) is 4.72 Å². The minimum absolute atomic E-state index is 0.211. The molecule has 3 N–H and O–H groups in total. The molecule has 0 spiro atoms. The number of carbonyl (C=O) groups excluding carboxylic acids is 1. The van der Waals surface area contributed by atoms with Gasteiger partial charge in [0.1, 0.15) is 11.1 Å². The molecule has 1 aliphatic heterocycles. The lowest BCUT2D eigenvalue weighted by atomic mass is 10.1. The van der Waals surface area contributed by atoms with Crippen LogP contribution in [0.4, 0.5) is 5.69 Å². The summed E-state index contributed by atoms with van der Waals surface area (Å²) in [6, 6.07) is 18.9. The molecule has 1 amide bonds. The normalized spacial score (nSPS) is 16.4. The summed E-state index contributed by atoms with van der Waals surface area (Å²) < 4.78 is 38.1. The summed E-state index contributed by atoms with van der Waals surface area (Å²) in [5, 5.41) is 6.04. The van der Waals surface area contributed by atoms with Crippen LogP contribution in [0.1, 0.15) is 27.7 Å². The molecule has 0 aromatic heterocycles. The lowest BCUT2D eigenvalue weighted by Crippen LogP contribution is -2.38. The van der Waals surface area contributed by atoms with E-state index in [2.05, 4.69) is 15.4 Å². The molecule has 1 heterocycles. The van der Waals surface area contributed by atoms with Crippen LogP contribution in [0.15, 0.2) is 71.6 Å². The Bertz CT molecular complexity index is 1240. The molecule has 9 heteroatoms. The first-order chi connectivity index (χ1) is 15.4. The van der Waals surface area contributed by atoms with Crippen LogP contribution in [0.3, 0.4) is 0 Å². The number of sulfonamides is 1. The van der Waals surface area contributed by atoms with Gasteiger partial charge in [-0.15, -0.1) is 0 Å². The minimum Gasteiger partial charge on any atom is -0.493 e. The third kappa shape index (κ3) is 4.39. The first-order valence-corrected chi connectivity index (χ1v) is 11.4. The van der Waals surface area contributed by atoms with Gasteiger partial charge in [-0.25, -0.2) is 8.42 Å².